The Labute approximate surface area is 158 Å². The normalized spacial score (nSPS) is 11.2. The molecule has 8 nitrogen and oxygen atoms in total. The third kappa shape index (κ3) is 5.35. The van der Waals surface area contributed by atoms with E-state index in [0.717, 1.165) is 0 Å². The molecule has 0 saturated carbocycles. The molecule has 0 aliphatic heterocycles. The molecule has 144 valence electrons. The predicted molar refractivity (Wildman–Crippen MR) is 99.7 cm³/mol. The zero-order valence-electron chi connectivity index (χ0n) is 15.1. The number of ether oxygens (including phenoxy) is 1. The number of aromatic nitrogens is 1. The van der Waals surface area contributed by atoms with Gasteiger partial charge in [-0.3, -0.25) is 4.79 Å². The van der Waals surface area contributed by atoms with Gasteiger partial charge >= 0.3 is 5.97 Å². The molecule has 0 radical (unpaired) electrons. The maximum absolute atomic E-state index is 12.5. The van der Waals surface area contributed by atoms with E-state index in [1.54, 1.807) is 32.0 Å². The summed E-state index contributed by atoms with van der Waals surface area (Å²) in [5, 5.41) is 2.52. The summed E-state index contributed by atoms with van der Waals surface area (Å²) in [5.74, 6) is -1.31. The number of carbonyl (C=O) groups excluding carboxylic acids is 2. The van der Waals surface area contributed by atoms with Gasteiger partial charge in [-0.15, -0.1) is 0 Å². The zero-order valence-corrected chi connectivity index (χ0v) is 15.9. The van der Waals surface area contributed by atoms with E-state index in [2.05, 4.69) is 10.3 Å². The second-order valence-corrected chi connectivity index (χ2v) is 7.39. The van der Waals surface area contributed by atoms with E-state index in [-0.39, 0.29) is 10.6 Å². The minimum atomic E-state index is -3.63. The lowest BCUT2D eigenvalue weighted by Crippen LogP contribution is -2.30. The van der Waals surface area contributed by atoms with Crippen molar-refractivity contribution in [1.29, 1.82) is 0 Å². The first kappa shape index (κ1) is 20.5. The summed E-state index contributed by atoms with van der Waals surface area (Å²) >= 11 is 0. The zero-order chi connectivity index (χ0) is 19.9. The van der Waals surface area contributed by atoms with Crippen LogP contribution in [0, 0.1) is 0 Å². The molecular weight excluding hydrogens is 370 g/mol. The largest absolute Gasteiger partial charge is 0.451 e. The van der Waals surface area contributed by atoms with Gasteiger partial charge in [0.1, 0.15) is 5.69 Å². The van der Waals surface area contributed by atoms with Crippen LogP contribution in [0.15, 0.2) is 53.6 Å². The predicted octanol–water partition coefficient (Wildman–Crippen LogP) is 1.91. The van der Waals surface area contributed by atoms with Crippen molar-refractivity contribution in [2.75, 3.05) is 25.0 Å². The highest BCUT2D eigenvalue weighted by Gasteiger charge is 2.22. The second-order valence-electron chi connectivity index (χ2n) is 5.46. The van der Waals surface area contributed by atoms with Crippen LogP contribution in [0.5, 0.6) is 0 Å². The minimum absolute atomic E-state index is 0.0782. The molecule has 0 saturated heterocycles. The molecule has 27 heavy (non-hydrogen) atoms. The van der Waals surface area contributed by atoms with Gasteiger partial charge in [0.15, 0.2) is 6.61 Å². The van der Waals surface area contributed by atoms with Crippen molar-refractivity contribution >= 4 is 27.6 Å². The summed E-state index contributed by atoms with van der Waals surface area (Å²) < 4.78 is 31.3. The average molecular weight is 391 g/mol. The van der Waals surface area contributed by atoms with Gasteiger partial charge in [-0.1, -0.05) is 26.0 Å². The van der Waals surface area contributed by atoms with Crippen LogP contribution < -0.4 is 5.32 Å². The summed E-state index contributed by atoms with van der Waals surface area (Å²) in [5.41, 5.74) is 0.389. The number of amides is 1. The first-order chi connectivity index (χ1) is 12.9. The molecule has 1 amide bonds. The number of anilines is 1. The van der Waals surface area contributed by atoms with E-state index in [1.807, 2.05) is 0 Å². The van der Waals surface area contributed by atoms with Gasteiger partial charge < -0.3 is 10.1 Å². The van der Waals surface area contributed by atoms with Gasteiger partial charge in [-0.05, 0) is 30.3 Å². The van der Waals surface area contributed by atoms with Gasteiger partial charge in [0, 0.05) is 25.0 Å². The minimum Gasteiger partial charge on any atom is -0.451 e. The van der Waals surface area contributed by atoms with Crippen molar-refractivity contribution in [3.05, 3.63) is 54.4 Å². The fourth-order valence-corrected chi connectivity index (χ4v) is 3.84. The quantitative estimate of drug-likeness (QED) is 0.689. The Morgan fingerprint density at radius 2 is 1.85 bits per heavy atom. The van der Waals surface area contributed by atoms with Crippen LogP contribution >= 0.6 is 0 Å². The Balaban J connectivity index is 2.01. The number of hydrogen-bond donors (Lipinski definition) is 1. The van der Waals surface area contributed by atoms with Crippen LogP contribution in [0.1, 0.15) is 24.3 Å². The van der Waals surface area contributed by atoms with Crippen LogP contribution in [0.3, 0.4) is 0 Å². The number of nitrogens with one attached hydrogen (secondary N) is 1. The van der Waals surface area contributed by atoms with E-state index >= 15 is 0 Å². The molecule has 0 spiro atoms. The highest BCUT2D eigenvalue weighted by atomic mass is 32.2. The van der Waals surface area contributed by atoms with Crippen molar-refractivity contribution in [3.8, 4) is 0 Å². The Morgan fingerprint density at radius 3 is 2.48 bits per heavy atom. The average Bonchev–Trinajstić information content (AvgIpc) is 2.67. The number of esters is 1. The Kier molecular flexibility index (Phi) is 7.03. The maximum atomic E-state index is 12.5. The molecule has 1 aromatic carbocycles. The van der Waals surface area contributed by atoms with E-state index in [1.165, 1.54) is 34.8 Å². The van der Waals surface area contributed by atoms with Gasteiger partial charge in [-0.25, -0.2) is 18.2 Å². The summed E-state index contributed by atoms with van der Waals surface area (Å²) in [6.07, 6.45) is 1.44. The van der Waals surface area contributed by atoms with Crippen LogP contribution in [-0.4, -0.2) is 49.3 Å². The lowest BCUT2D eigenvalue weighted by molar-refractivity contribution is -0.119. The molecule has 0 aliphatic carbocycles. The Bertz CT molecular complexity index is 896. The standard InChI is InChI=1S/C18H21N3O5S/c1-3-21(4-2)27(24,25)15-9-7-8-14(12-15)20-17(22)13-26-18(23)16-10-5-6-11-19-16/h5-12H,3-4,13H2,1-2H3,(H,20,22). The van der Waals surface area contributed by atoms with Crippen molar-refractivity contribution in [3.63, 3.8) is 0 Å². The Hall–Kier alpha value is -2.78. The van der Waals surface area contributed by atoms with Gasteiger partial charge in [-0.2, -0.15) is 4.31 Å². The third-order valence-electron chi connectivity index (χ3n) is 3.67. The number of hydrogen-bond acceptors (Lipinski definition) is 6. The van der Waals surface area contributed by atoms with Crippen LogP contribution in [0.4, 0.5) is 5.69 Å². The van der Waals surface area contributed by atoms with Gasteiger partial charge in [0.05, 0.1) is 4.90 Å². The first-order valence-corrected chi connectivity index (χ1v) is 9.80. The van der Waals surface area contributed by atoms with Crippen molar-refractivity contribution in [1.82, 2.24) is 9.29 Å². The Morgan fingerprint density at radius 1 is 1.11 bits per heavy atom. The van der Waals surface area contributed by atoms with Crippen LogP contribution in [0.25, 0.3) is 0 Å². The molecule has 1 N–H and O–H groups in total. The molecular formula is C18H21N3O5S. The smallest absolute Gasteiger partial charge is 0.357 e. The molecule has 1 heterocycles. The lowest BCUT2D eigenvalue weighted by atomic mass is 10.3. The van der Waals surface area contributed by atoms with E-state index < -0.39 is 28.5 Å². The number of pyridine rings is 1. The first-order valence-electron chi connectivity index (χ1n) is 8.36. The molecule has 2 rings (SSSR count). The van der Waals surface area contributed by atoms with E-state index in [0.29, 0.717) is 18.8 Å². The summed E-state index contributed by atoms with van der Waals surface area (Å²) in [4.78, 5) is 27.7. The van der Waals surface area contributed by atoms with E-state index in [9.17, 15) is 18.0 Å². The van der Waals surface area contributed by atoms with Crippen LogP contribution in [-0.2, 0) is 19.6 Å². The highest BCUT2D eigenvalue weighted by Crippen LogP contribution is 2.19. The molecule has 2 aromatic rings. The topological polar surface area (TPSA) is 106 Å². The molecule has 0 fully saturated rings. The number of carbonyl (C=O) groups is 2. The molecule has 0 aliphatic rings. The number of nitrogens with zero attached hydrogens (tertiary/aromatic N) is 2. The fraction of sp³-hybridized carbons (Fsp3) is 0.278. The number of sulfonamides is 1. The number of benzene rings is 1. The van der Waals surface area contributed by atoms with Crippen molar-refractivity contribution in [2.45, 2.75) is 18.7 Å². The summed E-state index contributed by atoms with van der Waals surface area (Å²) in [6.45, 7) is 3.69. The summed E-state index contributed by atoms with van der Waals surface area (Å²) in [6, 6.07) is 10.7. The third-order valence-corrected chi connectivity index (χ3v) is 5.72. The monoisotopic (exact) mass is 391 g/mol. The molecule has 0 atom stereocenters. The van der Waals surface area contributed by atoms with Gasteiger partial charge in [0.25, 0.3) is 5.91 Å². The molecule has 9 heteroatoms. The molecule has 1 aromatic heterocycles. The number of rotatable bonds is 8. The van der Waals surface area contributed by atoms with Crippen molar-refractivity contribution < 1.29 is 22.7 Å². The lowest BCUT2D eigenvalue weighted by Gasteiger charge is -2.18. The molecule has 0 unspecified atom stereocenters. The van der Waals surface area contributed by atoms with Crippen molar-refractivity contribution in [2.24, 2.45) is 0 Å². The SMILES string of the molecule is CCN(CC)S(=O)(=O)c1cccc(NC(=O)COC(=O)c2ccccn2)c1. The second kappa shape index (κ2) is 9.24. The summed E-state index contributed by atoms with van der Waals surface area (Å²) in [7, 11) is -3.63. The highest BCUT2D eigenvalue weighted by molar-refractivity contribution is 7.89. The van der Waals surface area contributed by atoms with E-state index in [4.69, 9.17) is 4.74 Å². The van der Waals surface area contributed by atoms with Gasteiger partial charge in [0.2, 0.25) is 10.0 Å². The maximum Gasteiger partial charge on any atom is 0.357 e. The fourth-order valence-electron chi connectivity index (χ4n) is 2.33. The van der Waals surface area contributed by atoms with Crippen LogP contribution in [0.2, 0.25) is 0 Å². The molecule has 0 bridgehead atoms.